The van der Waals surface area contributed by atoms with Gasteiger partial charge in [-0.2, -0.15) is 0 Å². The number of hydrogen-bond acceptors (Lipinski definition) is 5. The first-order valence-electron chi connectivity index (χ1n) is 12.7. The Kier molecular flexibility index (Phi) is 17.2. The zero-order valence-electron chi connectivity index (χ0n) is 25.7. The van der Waals surface area contributed by atoms with Crippen molar-refractivity contribution in [3.05, 3.63) is 0 Å². The van der Waals surface area contributed by atoms with Crippen LogP contribution in [0.4, 0.5) is 0 Å². The summed E-state index contributed by atoms with van der Waals surface area (Å²) in [6.45, 7) is 34.2. The lowest BCUT2D eigenvalue weighted by atomic mass is 10.0. The monoisotopic (exact) mass is 518 g/mol. The van der Waals surface area contributed by atoms with Crippen molar-refractivity contribution in [2.45, 2.75) is 151 Å². The number of hydrogen-bond donors (Lipinski definition) is 0. The van der Waals surface area contributed by atoms with Crippen LogP contribution in [0.1, 0.15) is 103 Å². The van der Waals surface area contributed by atoms with Gasteiger partial charge in [-0.3, -0.25) is 14.4 Å². The Hall–Kier alpha value is -0.636. The topological polar surface area (TPSA) is 69.7 Å². The molecule has 0 saturated carbocycles. The van der Waals surface area contributed by atoms with Crippen molar-refractivity contribution in [1.29, 1.82) is 0 Å². The highest BCUT2D eigenvalue weighted by Crippen LogP contribution is 2.38. The first-order chi connectivity index (χ1) is 14.8. The minimum absolute atomic E-state index is 0.116. The van der Waals surface area contributed by atoms with Gasteiger partial charge in [-0.05, 0) is 77.3 Å². The normalized spacial score (nSPS) is 15.1. The van der Waals surface area contributed by atoms with E-state index < -0.39 is 16.6 Å². The number of carbonyl (C=O) groups excluding carboxylic acids is 3. The zero-order valence-corrected chi connectivity index (χ0v) is 27.7. The van der Waals surface area contributed by atoms with Crippen LogP contribution in [0.3, 0.4) is 0 Å². The van der Waals surface area contributed by atoms with E-state index in [1.807, 2.05) is 20.8 Å². The standard InChI is InChI=1S/2C10H22O2Si.C7H14O/c2*1-8(11)9(2)12-13(6,7)10(3,4)5;1-4-5-6(2)7(3)8/h2*9H,1-7H3;6H,4-5H2,1-3H3/t2*9-;6-/m100/s1. The van der Waals surface area contributed by atoms with E-state index in [1.165, 1.54) is 0 Å². The van der Waals surface area contributed by atoms with Gasteiger partial charge in [0.15, 0.2) is 28.2 Å². The molecule has 0 spiro atoms. The van der Waals surface area contributed by atoms with Crippen molar-refractivity contribution in [2.24, 2.45) is 5.92 Å². The van der Waals surface area contributed by atoms with Crippen LogP contribution in [0.5, 0.6) is 0 Å². The summed E-state index contributed by atoms with van der Waals surface area (Å²) in [4.78, 5) is 32.6. The Labute approximate surface area is 214 Å². The minimum Gasteiger partial charge on any atom is -0.407 e. The van der Waals surface area contributed by atoms with E-state index in [2.05, 4.69) is 74.7 Å². The predicted molar refractivity (Wildman–Crippen MR) is 152 cm³/mol. The van der Waals surface area contributed by atoms with E-state index in [9.17, 15) is 14.4 Å². The first-order valence-corrected chi connectivity index (χ1v) is 18.5. The smallest absolute Gasteiger partial charge is 0.193 e. The third-order valence-electron chi connectivity index (χ3n) is 7.12. The quantitative estimate of drug-likeness (QED) is 0.289. The van der Waals surface area contributed by atoms with E-state index >= 15 is 0 Å². The molecule has 0 amide bonds. The van der Waals surface area contributed by atoms with Gasteiger partial charge < -0.3 is 8.85 Å². The molecule has 0 rings (SSSR count). The molecule has 0 bridgehead atoms. The zero-order chi connectivity index (χ0) is 28.3. The molecule has 0 N–H and O–H groups in total. The number of Topliss-reactive ketones (excluding diaryl/α,β-unsaturated/α-hetero) is 3. The average Bonchev–Trinajstić information content (AvgIpc) is 2.60. The Morgan fingerprint density at radius 2 is 0.912 bits per heavy atom. The lowest BCUT2D eigenvalue weighted by molar-refractivity contribution is -0.124. The summed E-state index contributed by atoms with van der Waals surface area (Å²) in [5.41, 5.74) is 0. The third kappa shape index (κ3) is 16.1. The largest absolute Gasteiger partial charge is 0.407 e. The maximum Gasteiger partial charge on any atom is 0.193 e. The van der Waals surface area contributed by atoms with Crippen LogP contribution in [0.15, 0.2) is 0 Å². The van der Waals surface area contributed by atoms with Crippen LogP contribution in [0.25, 0.3) is 0 Å². The van der Waals surface area contributed by atoms with Gasteiger partial charge in [-0.1, -0.05) is 61.8 Å². The molecule has 204 valence electrons. The second-order valence-corrected chi connectivity index (χ2v) is 22.1. The molecule has 0 heterocycles. The molecule has 0 aliphatic heterocycles. The maximum absolute atomic E-state index is 11.0. The summed E-state index contributed by atoms with van der Waals surface area (Å²) in [5.74, 6) is 0.821. The van der Waals surface area contributed by atoms with Crippen molar-refractivity contribution >= 4 is 34.0 Å². The minimum atomic E-state index is -1.75. The van der Waals surface area contributed by atoms with Crippen LogP contribution >= 0.6 is 0 Å². The summed E-state index contributed by atoms with van der Waals surface area (Å²) < 4.78 is 11.7. The number of rotatable bonds is 9. The van der Waals surface area contributed by atoms with E-state index in [0.29, 0.717) is 5.78 Å². The van der Waals surface area contributed by atoms with Crippen LogP contribution in [0.2, 0.25) is 36.3 Å². The van der Waals surface area contributed by atoms with E-state index in [1.54, 1.807) is 20.8 Å². The van der Waals surface area contributed by atoms with Crippen LogP contribution < -0.4 is 0 Å². The molecule has 0 unspecified atom stereocenters. The second kappa shape index (κ2) is 15.5. The van der Waals surface area contributed by atoms with E-state index in [0.717, 1.165) is 12.8 Å². The molecule has 0 aliphatic carbocycles. The van der Waals surface area contributed by atoms with Crippen LogP contribution in [0, 0.1) is 5.92 Å². The van der Waals surface area contributed by atoms with Crippen molar-refractivity contribution in [2.75, 3.05) is 0 Å². The fraction of sp³-hybridized carbons (Fsp3) is 0.889. The molecular weight excluding hydrogens is 460 g/mol. The molecule has 0 radical (unpaired) electrons. The maximum atomic E-state index is 11.0. The highest BCUT2D eigenvalue weighted by atomic mass is 28.4. The molecule has 0 fully saturated rings. The Morgan fingerprint density at radius 1 is 0.647 bits per heavy atom. The SMILES string of the molecule is CC(=O)[C@@H](C)O[Si](C)(C)C(C)(C)C.CC(=O)[C@H](C)O[Si](C)(C)C(C)(C)C.CCC[C@H](C)C(C)=O. The Bertz CT molecular complexity index is 584. The average molecular weight is 519 g/mol. The van der Waals surface area contributed by atoms with Crippen LogP contribution in [-0.2, 0) is 23.2 Å². The van der Waals surface area contributed by atoms with Gasteiger partial charge in [0, 0.05) is 5.92 Å². The van der Waals surface area contributed by atoms with Gasteiger partial charge >= 0.3 is 0 Å². The molecular formula is C27H58O5Si2. The second-order valence-electron chi connectivity index (χ2n) is 12.6. The van der Waals surface area contributed by atoms with Gasteiger partial charge in [-0.25, -0.2) is 0 Å². The molecule has 0 aromatic carbocycles. The highest BCUT2D eigenvalue weighted by molar-refractivity contribution is 6.74. The van der Waals surface area contributed by atoms with E-state index in [-0.39, 0.29) is 39.8 Å². The molecule has 5 nitrogen and oxygen atoms in total. The van der Waals surface area contributed by atoms with Gasteiger partial charge in [0.05, 0.1) is 0 Å². The predicted octanol–water partition coefficient (Wildman–Crippen LogP) is 7.98. The molecule has 0 saturated heterocycles. The fourth-order valence-corrected chi connectivity index (χ4v) is 4.85. The summed E-state index contributed by atoms with van der Waals surface area (Å²) in [6.07, 6.45) is 1.65. The molecule has 7 heteroatoms. The Balaban J connectivity index is -0.000000438. The van der Waals surface area contributed by atoms with Crippen molar-refractivity contribution in [1.82, 2.24) is 0 Å². The Morgan fingerprint density at radius 3 is 1.03 bits per heavy atom. The molecule has 3 atom stereocenters. The lowest BCUT2D eigenvalue weighted by Gasteiger charge is -2.37. The molecule has 0 aliphatic rings. The molecule has 0 aromatic rings. The third-order valence-corrected chi connectivity index (χ3v) is 16.2. The van der Waals surface area contributed by atoms with Gasteiger partial charge in [0.25, 0.3) is 0 Å². The van der Waals surface area contributed by atoms with Crippen molar-refractivity contribution < 1.29 is 23.2 Å². The molecule has 34 heavy (non-hydrogen) atoms. The highest BCUT2D eigenvalue weighted by Gasteiger charge is 2.39. The van der Waals surface area contributed by atoms with Crippen LogP contribution in [-0.4, -0.2) is 46.2 Å². The van der Waals surface area contributed by atoms with Gasteiger partial charge in [0.1, 0.15) is 18.0 Å². The van der Waals surface area contributed by atoms with Gasteiger partial charge in [0.2, 0.25) is 0 Å². The van der Waals surface area contributed by atoms with Crippen molar-refractivity contribution in [3.8, 4) is 0 Å². The van der Waals surface area contributed by atoms with Gasteiger partial charge in [-0.15, -0.1) is 0 Å². The fourth-order valence-electron chi connectivity index (χ4n) is 2.04. The summed E-state index contributed by atoms with van der Waals surface area (Å²) in [5, 5.41) is 0.355. The summed E-state index contributed by atoms with van der Waals surface area (Å²) in [7, 11) is -3.50. The number of ketones is 3. The lowest BCUT2D eigenvalue weighted by Crippen LogP contribution is -2.44. The number of carbonyl (C=O) groups is 3. The summed E-state index contributed by atoms with van der Waals surface area (Å²) >= 11 is 0. The summed E-state index contributed by atoms with van der Waals surface area (Å²) in [6, 6.07) is 0. The first kappa shape index (κ1) is 37.9. The van der Waals surface area contributed by atoms with E-state index in [4.69, 9.17) is 8.85 Å². The van der Waals surface area contributed by atoms with Crippen molar-refractivity contribution in [3.63, 3.8) is 0 Å². The molecule has 0 aromatic heterocycles.